The Kier molecular flexibility index (Phi) is 6.33. The van der Waals surface area contributed by atoms with Crippen molar-refractivity contribution in [1.29, 1.82) is 0 Å². The van der Waals surface area contributed by atoms with Crippen LogP contribution in [0.1, 0.15) is 52.3 Å². The Labute approximate surface area is 110 Å². The summed E-state index contributed by atoms with van der Waals surface area (Å²) >= 11 is 0. The van der Waals surface area contributed by atoms with Crippen LogP contribution in [-0.2, 0) is 12.8 Å². The van der Waals surface area contributed by atoms with Gasteiger partial charge in [-0.2, -0.15) is 4.98 Å². The molecule has 18 heavy (non-hydrogen) atoms. The second kappa shape index (κ2) is 7.52. The van der Waals surface area contributed by atoms with E-state index in [2.05, 4.69) is 37.8 Å². The van der Waals surface area contributed by atoms with Crippen LogP contribution < -0.4 is 5.73 Å². The van der Waals surface area contributed by atoms with E-state index >= 15 is 0 Å². The molecule has 1 atom stereocenters. The van der Waals surface area contributed by atoms with Crippen molar-refractivity contribution >= 4 is 0 Å². The third-order valence-corrected chi connectivity index (χ3v) is 3.06. The Hall–Kier alpha value is -0.900. The highest BCUT2D eigenvalue weighted by Gasteiger charge is 2.15. The van der Waals surface area contributed by atoms with Crippen LogP contribution in [0.5, 0.6) is 0 Å². The van der Waals surface area contributed by atoms with Crippen molar-refractivity contribution in [3.8, 4) is 0 Å². The van der Waals surface area contributed by atoms with E-state index in [1.54, 1.807) is 0 Å². The number of aryl methyl sites for hydroxylation is 1. The number of aromatic nitrogens is 2. The van der Waals surface area contributed by atoms with Crippen LogP contribution in [0, 0.1) is 17.8 Å². The maximum Gasteiger partial charge on any atom is 0.226 e. The van der Waals surface area contributed by atoms with E-state index < -0.39 is 0 Å². The van der Waals surface area contributed by atoms with Crippen molar-refractivity contribution in [1.82, 2.24) is 10.1 Å². The van der Waals surface area contributed by atoms with Crippen LogP contribution in [-0.4, -0.2) is 16.7 Å². The molecule has 4 heteroatoms. The third kappa shape index (κ3) is 5.63. The zero-order valence-electron chi connectivity index (χ0n) is 12.1. The fraction of sp³-hybridized carbons (Fsp3) is 0.857. The van der Waals surface area contributed by atoms with Gasteiger partial charge in [0.25, 0.3) is 0 Å². The van der Waals surface area contributed by atoms with Gasteiger partial charge in [-0.15, -0.1) is 0 Å². The first-order chi connectivity index (χ1) is 8.51. The molecule has 1 heterocycles. The molecule has 1 aromatic heterocycles. The van der Waals surface area contributed by atoms with Gasteiger partial charge in [0.05, 0.1) is 0 Å². The number of nitrogens with two attached hydrogens (primary N) is 1. The van der Waals surface area contributed by atoms with Gasteiger partial charge in [-0.3, -0.25) is 0 Å². The minimum absolute atomic E-state index is 0.448. The summed E-state index contributed by atoms with van der Waals surface area (Å²) in [4.78, 5) is 4.44. The topological polar surface area (TPSA) is 64.9 Å². The van der Waals surface area contributed by atoms with E-state index in [9.17, 15) is 0 Å². The highest BCUT2D eigenvalue weighted by atomic mass is 16.5. The molecule has 0 radical (unpaired) electrons. The zero-order chi connectivity index (χ0) is 13.5. The first-order valence-corrected chi connectivity index (χ1v) is 7.02. The number of rotatable bonds is 8. The van der Waals surface area contributed by atoms with E-state index in [-0.39, 0.29) is 0 Å². The fourth-order valence-electron chi connectivity index (χ4n) is 2.07. The predicted molar refractivity (Wildman–Crippen MR) is 73.2 cm³/mol. The SMILES string of the molecule is CC(C)CCc1noc(C[C@@H](CN)CC(C)C)n1. The van der Waals surface area contributed by atoms with Crippen molar-refractivity contribution in [2.24, 2.45) is 23.5 Å². The van der Waals surface area contributed by atoms with Crippen LogP contribution in [0.15, 0.2) is 4.52 Å². The van der Waals surface area contributed by atoms with Gasteiger partial charge in [0.2, 0.25) is 5.89 Å². The summed E-state index contributed by atoms with van der Waals surface area (Å²) in [6, 6.07) is 0. The number of hydrogen-bond acceptors (Lipinski definition) is 4. The molecule has 104 valence electrons. The van der Waals surface area contributed by atoms with E-state index in [1.807, 2.05) is 0 Å². The smallest absolute Gasteiger partial charge is 0.226 e. The molecule has 0 amide bonds. The molecule has 0 saturated heterocycles. The lowest BCUT2D eigenvalue weighted by molar-refractivity contribution is 0.329. The standard InChI is InChI=1S/C14H27N3O/c1-10(2)5-6-13-16-14(18-17-13)8-12(9-15)7-11(3)4/h10-12H,5-9,15H2,1-4H3/t12-/m0/s1. The van der Waals surface area contributed by atoms with E-state index in [0.717, 1.165) is 37.4 Å². The van der Waals surface area contributed by atoms with Crippen molar-refractivity contribution in [2.75, 3.05) is 6.54 Å². The lowest BCUT2D eigenvalue weighted by Gasteiger charge is -2.14. The van der Waals surface area contributed by atoms with Crippen molar-refractivity contribution in [3.63, 3.8) is 0 Å². The zero-order valence-corrected chi connectivity index (χ0v) is 12.1. The normalized spacial score (nSPS) is 13.5. The minimum atomic E-state index is 0.448. The second-order valence-corrected chi connectivity index (χ2v) is 5.97. The fourth-order valence-corrected chi connectivity index (χ4v) is 2.07. The molecule has 0 aliphatic carbocycles. The van der Waals surface area contributed by atoms with Crippen LogP contribution >= 0.6 is 0 Å². The van der Waals surface area contributed by atoms with Gasteiger partial charge in [0.1, 0.15) is 0 Å². The lowest BCUT2D eigenvalue weighted by atomic mass is 9.94. The molecular weight excluding hydrogens is 226 g/mol. The maximum atomic E-state index is 5.78. The quantitative estimate of drug-likeness (QED) is 0.773. The summed E-state index contributed by atoms with van der Waals surface area (Å²) in [6.45, 7) is 9.51. The van der Waals surface area contributed by atoms with Crippen LogP contribution in [0.4, 0.5) is 0 Å². The van der Waals surface area contributed by atoms with Gasteiger partial charge >= 0.3 is 0 Å². The van der Waals surface area contributed by atoms with Gasteiger partial charge in [-0.25, -0.2) is 0 Å². The molecule has 0 unspecified atom stereocenters. The first kappa shape index (κ1) is 15.2. The Morgan fingerprint density at radius 2 is 1.89 bits per heavy atom. The van der Waals surface area contributed by atoms with Crippen LogP contribution in [0.2, 0.25) is 0 Å². The van der Waals surface area contributed by atoms with Gasteiger partial charge < -0.3 is 10.3 Å². The first-order valence-electron chi connectivity index (χ1n) is 7.02. The highest BCUT2D eigenvalue weighted by molar-refractivity contribution is 4.88. The van der Waals surface area contributed by atoms with E-state index in [0.29, 0.717) is 24.3 Å². The lowest BCUT2D eigenvalue weighted by Crippen LogP contribution is -2.19. The van der Waals surface area contributed by atoms with Gasteiger partial charge in [0.15, 0.2) is 5.82 Å². The molecule has 4 nitrogen and oxygen atoms in total. The summed E-state index contributed by atoms with van der Waals surface area (Å²) in [5.41, 5.74) is 5.78. The molecule has 0 aliphatic heterocycles. The molecule has 0 aliphatic rings. The van der Waals surface area contributed by atoms with Crippen LogP contribution in [0.3, 0.4) is 0 Å². The molecule has 0 bridgehead atoms. The van der Waals surface area contributed by atoms with Crippen molar-refractivity contribution < 1.29 is 4.52 Å². The largest absolute Gasteiger partial charge is 0.339 e. The second-order valence-electron chi connectivity index (χ2n) is 5.97. The minimum Gasteiger partial charge on any atom is -0.339 e. The average Bonchev–Trinajstić information content (AvgIpc) is 2.72. The monoisotopic (exact) mass is 253 g/mol. The molecule has 0 saturated carbocycles. The summed E-state index contributed by atoms with van der Waals surface area (Å²) in [5, 5.41) is 4.03. The summed E-state index contributed by atoms with van der Waals surface area (Å²) in [6.07, 6.45) is 3.92. The Balaban J connectivity index is 2.46. The Bertz CT molecular complexity index is 334. The predicted octanol–water partition coefficient (Wildman–Crippen LogP) is 2.82. The maximum absolute atomic E-state index is 5.78. The molecule has 2 N–H and O–H groups in total. The van der Waals surface area contributed by atoms with E-state index in [1.165, 1.54) is 0 Å². The van der Waals surface area contributed by atoms with Gasteiger partial charge in [0, 0.05) is 12.8 Å². The Morgan fingerprint density at radius 1 is 1.17 bits per heavy atom. The number of hydrogen-bond donors (Lipinski definition) is 1. The molecule has 0 spiro atoms. The summed E-state index contributed by atoms with van der Waals surface area (Å²) in [7, 11) is 0. The third-order valence-electron chi connectivity index (χ3n) is 3.06. The van der Waals surface area contributed by atoms with E-state index in [4.69, 9.17) is 10.3 Å². The molecular formula is C14H27N3O. The highest BCUT2D eigenvalue weighted by Crippen LogP contribution is 2.16. The molecule has 0 fully saturated rings. The summed E-state index contributed by atoms with van der Waals surface area (Å²) in [5.74, 6) is 3.35. The van der Waals surface area contributed by atoms with Gasteiger partial charge in [-0.05, 0) is 37.1 Å². The number of nitrogens with zero attached hydrogens (tertiary/aromatic N) is 2. The van der Waals surface area contributed by atoms with Crippen molar-refractivity contribution in [2.45, 2.75) is 53.4 Å². The average molecular weight is 253 g/mol. The molecule has 0 aromatic carbocycles. The van der Waals surface area contributed by atoms with Crippen LogP contribution in [0.25, 0.3) is 0 Å². The molecule has 1 rings (SSSR count). The summed E-state index contributed by atoms with van der Waals surface area (Å²) < 4.78 is 5.29. The van der Waals surface area contributed by atoms with Gasteiger partial charge in [-0.1, -0.05) is 32.9 Å². The molecule has 1 aromatic rings. The van der Waals surface area contributed by atoms with Crippen molar-refractivity contribution in [3.05, 3.63) is 11.7 Å². The Morgan fingerprint density at radius 3 is 2.44 bits per heavy atom.